The maximum atomic E-state index is 11.8. The van der Waals surface area contributed by atoms with E-state index in [1.807, 2.05) is 18.2 Å². The van der Waals surface area contributed by atoms with Crippen molar-refractivity contribution in [1.29, 1.82) is 0 Å². The van der Waals surface area contributed by atoms with E-state index in [1.165, 1.54) is 11.1 Å². The predicted molar refractivity (Wildman–Crippen MR) is 142 cm³/mol. The number of nitrogens with two attached hydrogens (primary N) is 1. The number of piperazine rings is 1. The minimum atomic E-state index is -3.14. The Bertz CT molecular complexity index is 1520. The van der Waals surface area contributed by atoms with Gasteiger partial charge in [-0.1, -0.05) is 0 Å². The molecule has 1 aromatic carbocycles. The van der Waals surface area contributed by atoms with Crippen LogP contribution in [0.15, 0.2) is 24.3 Å². The number of thiophene rings is 1. The number of nitrogens with one attached hydrogen (secondary N) is 1. The van der Waals surface area contributed by atoms with E-state index >= 15 is 0 Å². The Hall–Kier alpha value is -2.84. The molecule has 6 rings (SSSR count). The molecule has 2 fully saturated rings. The molecule has 13 heteroatoms. The maximum Gasteiger partial charge on any atom is 0.211 e. The third-order valence-corrected chi connectivity index (χ3v) is 9.15. The number of nitrogen functional groups attached to an aromatic ring is 1. The Morgan fingerprint density at radius 1 is 1.08 bits per heavy atom. The summed E-state index contributed by atoms with van der Waals surface area (Å²) in [5.74, 6) is 2.03. The fourth-order valence-electron chi connectivity index (χ4n) is 4.77. The first-order valence-corrected chi connectivity index (χ1v) is 14.6. The molecule has 0 aliphatic carbocycles. The van der Waals surface area contributed by atoms with Crippen LogP contribution < -0.4 is 10.6 Å². The highest BCUT2D eigenvalue weighted by Crippen LogP contribution is 2.36. The number of anilines is 2. The highest BCUT2D eigenvalue weighted by molar-refractivity contribution is 7.88. The molecule has 0 saturated carbocycles. The van der Waals surface area contributed by atoms with Crippen LogP contribution in [0.3, 0.4) is 0 Å². The number of fused-ring (bicyclic) bond motifs is 2. The molecular formula is C23H28N8O3S2. The van der Waals surface area contributed by atoms with Gasteiger partial charge in [0.05, 0.1) is 35.2 Å². The predicted octanol–water partition coefficient (Wildman–Crippen LogP) is 1.73. The maximum absolute atomic E-state index is 11.8. The summed E-state index contributed by atoms with van der Waals surface area (Å²) in [7, 11) is -3.14. The first-order chi connectivity index (χ1) is 17.3. The third kappa shape index (κ3) is 4.52. The summed E-state index contributed by atoms with van der Waals surface area (Å²) in [6, 6.07) is 8.06. The van der Waals surface area contributed by atoms with Gasteiger partial charge < -0.3 is 15.4 Å². The average molecular weight is 529 g/mol. The summed E-state index contributed by atoms with van der Waals surface area (Å²) >= 11 is 1.71. The van der Waals surface area contributed by atoms with Gasteiger partial charge in [0, 0.05) is 61.6 Å². The summed E-state index contributed by atoms with van der Waals surface area (Å²) in [4.78, 5) is 15.7. The standard InChI is InChI=1S/C23H28N8O3S2/c1-36(32,33)31-6-4-29(5-7-31)14-16-13-19-20(35-16)23(30-8-10-34-11-9-30)26-22(25-19)15-2-3-18-17(12-15)21(24)28-27-18/h2-3,12-13H,4-11,14H2,1H3,(H3,24,27,28). The van der Waals surface area contributed by atoms with Gasteiger partial charge in [0.1, 0.15) is 0 Å². The first kappa shape index (κ1) is 23.6. The van der Waals surface area contributed by atoms with Gasteiger partial charge in [-0.2, -0.15) is 9.40 Å². The highest BCUT2D eigenvalue weighted by atomic mass is 32.2. The van der Waals surface area contributed by atoms with Crippen molar-refractivity contribution < 1.29 is 13.2 Å². The molecule has 2 aliphatic rings. The second-order valence-corrected chi connectivity index (χ2v) is 12.3. The van der Waals surface area contributed by atoms with E-state index in [4.69, 9.17) is 20.4 Å². The zero-order chi connectivity index (χ0) is 24.9. The second kappa shape index (κ2) is 9.23. The zero-order valence-electron chi connectivity index (χ0n) is 20.0. The Morgan fingerprint density at radius 3 is 2.61 bits per heavy atom. The van der Waals surface area contributed by atoms with Crippen molar-refractivity contribution in [2.24, 2.45) is 0 Å². The molecule has 4 aromatic rings. The molecule has 3 aromatic heterocycles. The zero-order valence-corrected chi connectivity index (χ0v) is 21.6. The van der Waals surface area contributed by atoms with Crippen molar-refractivity contribution in [3.8, 4) is 11.4 Å². The lowest BCUT2D eigenvalue weighted by molar-refractivity contribution is 0.122. The fourth-order valence-corrected chi connectivity index (χ4v) is 6.76. The van der Waals surface area contributed by atoms with Crippen molar-refractivity contribution in [2.75, 3.05) is 69.4 Å². The Morgan fingerprint density at radius 2 is 1.86 bits per heavy atom. The Labute approximate surface area is 212 Å². The topological polar surface area (TPSA) is 134 Å². The van der Waals surface area contributed by atoms with Crippen LogP contribution in [0.1, 0.15) is 4.88 Å². The molecule has 0 bridgehead atoms. The van der Waals surface area contributed by atoms with Crippen molar-refractivity contribution in [2.45, 2.75) is 6.54 Å². The largest absolute Gasteiger partial charge is 0.382 e. The number of ether oxygens (including phenoxy) is 1. The number of hydrogen-bond donors (Lipinski definition) is 2. The third-order valence-electron chi connectivity index (χ3n) is 6.75. The van der Waals surface area contributed by atoms with Crippen LogP contribution >= 0.6 is 11.3 Å². The highest BCUT2D eigenvalue weighted by Gasteiger charge is 2.25. The lowest BCUT2D eigenvalue weighted by Crippen LogP contribution is -2.47. The number of morpholine rings is 1. The molecule has 11 nitrogen and oxygen atoms in total. The van der Waals surface area contributed by atoms with Gasteiger partial charge in [0.15, 0.2) is 17.5 Å². The van der Waals surface area contributed by atoms with Gasteiger partial charge in [-0.15, -0.1) is 11.3 Å². The molecule has 0 spiro atoms. The summed E-state index contributed by atoms with van der Waals surface area (Å²) in [6.45, 7) is 6.11. The smallest absolute Gasteiger partial charge is 0.211 e. The molecular weight excluding hydrogens is 500 g/mol. The van der Waals surface area contributed by atoms with Crippen LogP contribution in [0.2, 0.25) is 0 Å². The number of aromatic nitrogens is 4. The van der Waals surface area contributed by atoms with E-state index in [-0.39, 0.29) is 0 Å². The van der Waals surface area contributed by atoms with Crippen LogP contribution in [-0.2, 0) is 21.3 Å². The number of hydrogen-bond acceptors (Lipinski definition) is 10. The van der Waals surface area contributed by atoms with Crippen LogP contribution in [0.5, 0.6) is 0 Å². The fraction of sp³-hybridized carbons (Fsp3) is 0.435. The van der Waals surface area contributed by atoms with Gasteiger partial charge in [0.25, 0.3) is 0 Å². The lowest BCUT2D eigenvalue weighted by Gasteiger charge is -2.32. The van der Waals surface area contributed by atoms with Crippen molar-refractivity contribution in [3.05, 3.63) is 29.1 Å². The molecule has 5 heterocycles. The van der Waals surface area contributed by atoms with Crippen molar-refractivity contribution in [3.63, 3.8) is 0 Å². The van der Waals surface area contributed by atoms with E-state index in [0.717, 1.165) is 52.1 Å². The van der Waals surface area contributed by atoms with E-state index < -0.39 is 10.0 Å². The molecule has 0 unspecified atom stereocenters. The normalized spacial score (nSPS) is 18.4. The van der Waals surface area contributed by atoms with E-state index in [0.29, 0.717) is 51.0 Å². The summed E-state index contributed by atoms with van der Waals surface area (Å²) in [5, 5.41) is 7.88. The minimum absolute atomic E-state index is 0.454. The Balaban J connectivity index is 1.34. The van der Waals surface area contributed by atoms with Gasteiger partial charge in [0.2, 0.25) is 10.0 Å². The van der Waals surface area contributed by atoms with Gasteiger partial charge in [-0.05, 0) is 24.3 Å². The number of aromatic amines is 1. The monoisotopic (exact) mass is 528 g/mol. The summed E-state index contributed by atoms with van der Waals surface area (Å²) in [5.41, 5.74) is 8.71. The number of sulfonamides is 1. The van der Waals surface area contributed by atoms with Gasteiger partial charge in [-0.25, -0.2) is 18.4 Å². The first-order valence-electron chi connectivity index (χ1n) is 11.9. The van der Waals surface area contributed by atoms with Gasteiger partial charge in [-0.3, -0.25) is 10.00 Å². The Kier molecular flexibility index (Phi) is 6.04. The molecule has 0 radical (unpaired) electrons. The molecule has 2 saturated heterocycles. The minimum Gasteiger partial charge on any atom is -0.382 e. The van der Waals surface area contributed by atoms with Gasteiger partial charge >= 0.3 is 0 Å². The van der Waals surface area contributed by atoms with E-state index in [1.54, 1.807) is 15.6 Å². The van der Waals surface area contributed by atoms with Crippen LogP contribution in [0.4, 0.5) is 11.6 Å². The number of nitrogens with zero attached hydrogens (tertiary/aromatic N) is 6. The van der Waals surface area contributed by atoms with Crippen LogP contribution in [0, 0.1) is 0 Å². The average Bonchev–Trinajstić information content (AvgIpc) is 3.46. The number of benzene rings is 1. The molecule has 36 heavy (non-hydrogen) atoms. The molecule has 190 valence electrons. The quantitative estimate of drug-likeness (QED) is 0.397. The summed E-state index contributed by atoms with van der Waals surface area (Å²) < 4.78 is 31.9. The molecule has 2 aliphatic heterocycles. The lowest BCUT2D eigenvalue weighted by atomic mass is 10.1. The second-order valence-electron chi connectivity index (χ2n) is 9.20. The number of rotatable bonds is 5. The van der Waals surface area contributed by atoms with Crippen molar-refractivity contribution >= 4 is 54.1 Å². The number of H-pyrrole nitrogens is 1. The summed E-state index contributed by atoms with van der Waals surface area (Å²) in [6.07, 6.45) is 1.27. The van der Waals surface area contributed by atoms with E-state index in [2.05, 4.69) is 26.1 Å². The van der Waals surface area contributed by atoms with Crippen LogP contribution in [0.25, 0.3) is 32.5 Å². The SMILES string of the molecule is CS(=O)(=O)N1CCN(Cc2cc3nc(-c4ccc5[nH]nc(N)c5c4)nc(N4CCOCC4)c3s2)CC1. The molecule has 3 N–H and O–H groups in total. The molecule has 0 atom stereocenters. The van der Waals surface area contributed by atoms with Crippen LogP contribution in [-0.4, -0.2) is 96.5 Å². The van der Waals surface area contributed by atoms with Crippen molar-refractivity contribution in [1.82, 2.24) is 29.4 Å². The van der Waals surface area contributed by atoms with E-state index in [9.17, 15) is 8.42 Å². The molecule has 0 amide bonds.